The number of nitrogens with one attached hydrogen (secondary N) is 2. The maximum atomic E-state index is 12.6. The Morgan fingerprint density at radius 2 is 1.79 bits per heavy atom. The van der Waals surface area contributed by atoms with Crippen LogP contribution in [-0.4, -0.2) is 85.3 Å². The number of morpholine rings is 1. The van der Waals surface area contributed by atoms with Crippen molar-refractivity contribution in [2.24, 2.45) is 0 Å². The lowest BCUT2D eigenvalue weighted by atomic mass is 10.3. The van der Waals surface area contributed by atoms with Crippen LogP contribution in [-0.2, 0) is 27.7 Å². The average Bonchev–Trinajstić information content (AvgIpc) is 3.18. The van der Waals surface area contributed by atoms with Crippen molar-refractivity contribution >= 4 is 45.2 Å². The van der Waals surface area contributed by atoms with Crippen molar-refractivity contribution in [2.75, 3.05) is 62.1 Å². The number of sulfonamides is 1. The van der Waals surface area contributed by atoms with Crippen LogP contribution in [0, 0.1) is 0 Å². The second-order valence-corrected chi connectivity index (χ2v) is 13.7. The fourth-order valence-electron chi connectivity index (χ4n) is 4.39. The number of unbranched alkanes of at least 4 members (excludes halogenated alkanes) is 1. The minimum Gasteiger partial charge on any atom is -0.398 e. The molecule has 0 amide bonds. The van der Waals surface area contributed by atoms with Gasteiger partial charge < -0.3 is 15.8 Å². The molecule has 3 heterocycles. The Labute approximate surface area is 258 Å². The summed E-state index contributed by atoms with van der Waals surface area (Å²) in [6.45, 7) is 7.08. The smallest absolute Gasteiger partial charge is 0.398 e. The van der Waals surface area contributed by atoms with Crippen LogP contribution in [0.3, 0.4) is 0 Å². The van der Waals surface area contributed by atoms with Gasteiger partial charge in [0, 0.05) is 54.6 Å². The third kappa shape index (κ3) is 10.9. The molecule has 0 aliphatic carbocycles. The van der Waals surface area contributed by atoms with E-state index in [0.29, 0.717) is 31.9 Å². The van der Waals surface area contributed by atoms with E-state index in [1.54, 1.807) is 4.57 Å². The number of thioether (sulfide) groups is 2. The standard InChI is InChI=1S/C14H21NOS.C13H15F3N6O2S2/c1-2-6-14(7-3-1)17-13-5-4-8-15-9-11-16-12-10-15;14-13(15,16)25-10-7-8(1-2-9(10)17)26(23,24)21-12-20-19-11-3-4-18-5-6-22(11)12/h1-3,6-7H,4-5,8-13H2;1-2,7,18H,3-6,17H2,(H,20,21). The predicted molar refractivity (Wildman–Crippen MR) is 164 cm³/mol. The molecule has 16 heteroatoms. The third-order valence-electron chi connectivity index (χ3n) is 6.60. The number of alkyl halides is 3. The summed E-state index contributed by atoms with van der Waals surface area (Å²) in [6, 6.07) is 13.8. The maximum Gasteiger partial charge on any atom is 0.446 e. The zero-order valence-corrected chi connectivity index (χ0v) is 26.0. The van der Waals surface area contributed by atoms with Gasteiger partial charge in [-0.15, -0.1) is 22.0 Å². The summed E-state index contributed by atoms with van der Waals surface area (Å²) in [5.74, 6) is 1.87. The second-order valence-electron chi connectivity index (χ2n) is 9.77. The highest BCUT2D eigenvalue weighted by molar-refractivity contribution is 8.00. The van der Waals surface area contributed by atoms with E-state index in [-0.39, 0.29) is 21.4 Å². The Kier molecular flexibility index (Phi) is 12.4. The van der Waals surface area contributed by atoms with E-state index in [9.17, 15) is 21.6 Å². The van der Waals surface area contributed by atoms with Crippen LogP contribution >= 0.6 is 23.5 Å². The molecule has 0 bridgehead atoms. The third-order valence-corrected chi connectivity index (χ3v) is 9.83. The monoisotopic (exact) mass is 659 g/mol. The van der Waals surface area contributed by atoms with Gasteiger partial charge in [-0.25, -0.2) is 13.1 Å². The van der Waals surface area contributed by atoms with Crippen LogP contribution < -0.4 is 15.8 Å². The maximum absolute atomic E-state index is 12.6. The van der Waals surface area contributed by atoms with Crippen molar-refractivity contribution < 1.29 is 26.3 Å². The summed E-state index contributed by atoms with van der Waals surface area (Å²) in [6.07, 6.45) is 3.19. The molecule has 2 aliphatic rings. The van der Waals surface area contributed by atoms with Crippen molar-refractivity contribution in [2.45, 2.75) is 46.0 Å². The van der Waals surface area contributed by atoms with Gasteiger partial charge in [-0.1, -0.05) is 18.2 Å². The number of fused-ring (bicyclic) bond motifs is 1. The molecular weight excluding hydrogens is 624 g/mol. The lowest BCUT2D eigenvalue weighted by Gasteiger charge is -2.26. The Morgan fingerprint density at radius 3 is 2.53 bits per heavy atom. The number of nitrogens with zero attached hydrogens (tertiary/aromatic N) is 4. The molecule has 4 N–H and O–H groups in total. The number of hydrogen-bond donors (Lipinski definition) is 3. The highest BCUT2D eigenvalue weighted by Gasteiger charge is 2.31. The summed E-state index contributed by atoms with van der Waals surface area (Å²) < 4.78 is 72.2. The van der Waals surface area contributed by atoms with Gasteiger partial charge in [-0.2, -0.15) is 13.2 Å². The largest absolute Gasteiger partial charge is 0.446 e. The topological polar surface area (TPSA) is 127 Å². The van der Waals surface area contributed by atoms with Crippen molar-refractivity contribution in [3.63, 3.8) is 0 Å². The highest BCUT2D eigenvalue weighted by atomic mass is 32.2. The fourth-order valence-corrected chi connectivity index (χ4v) is 7.05. The SMILES string of the molecule is Nc1ccc(S(=O)(=O)Nc2nnc3n2CCNCC3)cc1SC(F)(F)F.c1ccc(SCCCCN2CCOCC2)cc1. The molecule has 0 atom stereocenters. The number of halogens is 3. The van der Waals surface area contributed by atoms with Crippen LogP contribution in [0.4, 0.5) is 24.8 Å². The lowest BCUT2D eigenvalue weighted by molar-refractivity contribution is -0.0328. The Balaban J connectivity index is 0.000000215. The first-order chi connectivity index (χ1) is 20.6. The number of hydrogen-bond acceptors (Lipinski definition) is 10. The van der Waals surface area contributed by atoms with Gasteiger partial charge in [-0.05, 0) is 67.2 Å². The van der Waals surface area contributed by atoms with Crippen LogP contribution in [0.15, 0.2) is 63.2 Å². The highest BCUT2D eigenvalue weighted by Crippen LogP contribution is 2.40. The molecule has 2 aromatic carbocycles. The Morgan fingerprint density at radius 1 is 1.02 bits per heavy atom. The molecule has 0 saturated carbocycles. The number of nitrogens with two attached hydrogens (primary N) is 1. The first-order valence-electron chi connectivity index (χ1n) is 13.9. The van der Waals surface area contributed by atoms with Crippen LogP contribution in [0.25, 0.3) is 0 Å². The molecule has 0 spiro atoms. The van der Waals surface area contributed by atoms with E-state index in [1.807, 2.05) is 11.8 Å². The van der Waals surface area contributed by atoms with E-state index in [1.165, 1.54) is 30.0 Å². The number of nitrogen functional groups attached to an aromatic ring is 1. The molecular formula is C27H36F3N7O3S3. The van der Waals surface area contributed by atoms with Crippen LogP contribution in [0.2, 0.25) is 0 Å². The lowest BCUT2D eigenvalue weighted by Crippen LogP contribution is -2.36. The first-order valence-corrected chi connectivity index (χ1v) is 17.2. The Hall–Kier alpha value is -2.50. The van der Waals surface area contributed by atoms with E-state index >= 15 is 0 Å². The minimum atomic E-state index is -4.58. The molecule has 10 nitrogen and oxygen atoms in total. The van der Waals surface area contributed by atoms with E-state index in [0.717, 1.165) is 44.5 Å². The molecule has 2 aliphatic heterocycles. The quantitative estimate of drug-likeness (QED) is 0.165. The number of benzene rings is 2. The zero-order chi connectivity index (χ0) is 30.7. The van der Waals surface area contributed by atoms with Gasteiger partial charge in [-0.3, -0.25) is 9.47 Å². The van der Waals surface area contributed by atoms with Crippen molar-refractivity contribution in [1.29, 1.82) is 0 Å². The van der Waals surface area contributed by atoms with Gasteiger partial charge >= 0.3 is 5.51 Å². The van der Waals surface area contributed by atoms with Gasteiger partial charge in [0.15, 0.2) is 0 Å². The number of rotatable bonds is 10. The molecule has 0 radical (unpaired) electrons. The molecule has 236 valence electrons. The van der Waals surface area contributed by atoms with Crippen LogP contribution in [0.1, 0.15) is 18.7 Å². The normalized spacial score (nSPS) is 16.1. The van der Waals surface area contributed by atoms with E-state index < -0.39 is 27.3 Å². The molecule has 1 aromatic heterocycles. The van der Waals surface area contributed by atoms with Crippen molar-refractivity contribution in [3.05, 3.63) is 54.4 Å². The van der Waals surface area contributed by atoms with Crippen LogP contribution in [0.5, 0.6) is 0 Å². The number of aromatic nitrogens is 3. The van der Waals surface area contributed by atoms with Gasteiger partial charge in [0.2, 0.25) is 5.95 Å². The molecule has 0 unspecified atom stereocenters. The molecule has 1 fully saturated rings. The van der Waals surface area contributed by atoms with E-state index in [4.69, 9.17) is 10.5 Å². The Bertz CT molecular complexity index is 1400. The number of anilines is 2. The molecule has 3 aromatic rings. The van der Waals surface area contributed by atoms with E-state index in [2.05, 4.69) is 55.5 Å². The fraction of sp³-hybridized carbons (Fsp3) is 0.481. The summed E-state index contributed by atoms with van der Waals surface area (Å²) in [4.78, 5) is 3.17. The van der Waals surface area contributed by atoms with Crippen molar-refractivity contribution in [1.82, 2.24) is 25.0 Å². The first kappa shape index (κ1) is 33.4. The molecule has 1 saturated heterocycles. The summed E-state index contributed by atoms with van der Waals surface area (Å²) >= 11 is 1.50. The summed E-state index contributed by atoms with van der Waals surface area (Å²) in [5.41, 5.74) is 0.774. The second kappa shape index (κ2) is 16.0. The minimum absolute atomic E-state index is 0.0190. The summed E-state index contributed by atoms with van der Waals surface area (Å²) in [5, 5.41) is 10.9. The van der Waals surface area contributed by atoms with Gasteiger partial charge in [0.1, 0.15) is 5.82 Å². The summed E-state index contributed by atoms with van der Waals surface area (Å²) in [7, 11) is -4.15. The average molecular weight is 660 g/mol. The number of ether oxygens (including phenoxy) is 1. The van der Waals surface area contributed by atoms with Gasteiger partial charge in [0.05, 0.1) is 18.1 Å². The zero-order valence-electron chi connectivity index (χ0n) is 23.6. The van der Waals surface area contributed by atoms with Crippen molar-refractivity contribution in [3.8, 4) is 0 Å². The molecule has 43 heavy (non-hydrogen) atoms. The molecule has 5 rings (SSSR count). The predicted octanol–water partition coefficient (Wildman–Crippen LogP) is 4.31. The van der Waals surface area contributed by atoms with Gasteiger partial charge in [0.25, 0.3) is 10.0 Å².